The molecule has 0 radical (unpaired) electrons. The fourth-order valence-corrected chi connectivity index (χ4v) is 17.9. The van der Waals surface area contributed by atoms with Crippen LogP contribution in [0.15, 0.2) is 12.3 Å². The van der Waals surface area contributed by atoms with Crippen LogP contribution in [0.2, 0.25) is 17.7 Å². The van der Waals surface area contributed by atoms with Crippen molar-refractivity contribution >= 4 is 24.7 Å². The second-order valence-corrected chi connectivity index (χ2v) is 20.2. The molecule has 0 rings (SSSR count). The van der Waals surface area contributed by atoms with Gasteiger partial charge in [0.15, 0.2) is 0 Å². The van der Waals surface area contributed by atoms with Crippen LogP contribution >= 0.6 is 0 Å². The summed E-state index contributed by atoms with van der Waals surface area (Å²) in [5, 5.41) is 0. The molecule has 0 heterocycles. The van der Waals surface area contributed by atoms with Gasteiger partial charge in [-0.2, -0.15) is 0 Å². The Labute approximate surface area is 136 Å². The van der Waals surface area contributed by atoms with E-state index in [1.165, 1.54) is 43.0 Å². The first kappa shape index (κ1) is 21.0. The molecular weight excluding hydrogens is 367 g/mol. The zero-order valence-corrected chi connectivity index (χ0v) is 17.4. The molecule has 0 spiro atoms. The number of hydrogen-bond acceptors (Lipinski definition) is 2. The summed E-state index contributed by atoms with van der Waals surface area (Å²) in [5.74, 6) is 0. The molecule has 0 saturated carbocycles. The molecule has 0 aliphatic rings. The maximum atomic E-state index is 10.3. The third kappa shape index (κ3) is 11.3. The fourth-order valence-electron chi connectivity index (χ4n) is 2.89. The Morgan fingerprint density at radius 3 is 1.86 bits per heavy atom. The van der Waals surface area contributed by atoms with Gasteiger partial charge in [0.05, 0.1) is 0 Å². The molecule has 0 fully saturated rings. The van der Waals surface area contributed by atoms with Gasteiger partial charge in [0.1, 0.15) is 0 Å². The zero-order chi connectivity index (χ0) is 15.8. The number of aldehydes is 1. The summed E-state index contributed by atoms with van der Waals surface area (Å²) in [6.45, 7) is 7.47. The molecule has 0 aliphatic carbocycles. The van der Waals surface area contributed by atoms with Crippen molar-refractivity contribution in [3.8, 4) is 0 Å². The molecule has 0 N–H and O–H groups in total. The topological polar surface area (TPSA) is 26.3 Å². The molecule has 0 aromatic carbocycles. The van der Waals surface area contributed by atoms with E-state index < -0.39 is 18.4 Å². The Balaban J connectivity index is 4.50. The van der Waals surface area contributed by atoms with Gasteiger partial charge in [-0.05, 0) is 0 Å². The Morgan fingerprint density at radius 2 is 1.43 bits per heavy atom. The molecule has 21 heavy (non-hydrogen) atoms. The van der Waals surface area contributed by atoms with E-state index in [0.29, 0.717) is 13.0 Å². The van der Waals surface area contributed by atoms with Crippen LogP contribution < -0.4 is 0 Å². The number of hydrogen-bond donors (Lipinski definition) is 0. The van der Waals surface area contributed by atoms with Gasteiger partial charge in [-0.3, -0.25) is 0 Å². The van der Waals surface area contributed by atoms with Gasteiger partial charge in [-0.25, -0.2) is 0 Å². The quantitative estimate of drug-likeness (QED) is 0.146. The number of carbonyl (C=O) groups excluding carboxylic acids is 1. The first-order chi connectivity index (χ1) is 10.2. The predicted molar refractivity (Wildman–Crippen MR) is 95.5 cm³/mol. The molecule has 0 aromatic heterocycles. The van der Waals surface area contributed by atoms with Crippen LogP contribution in [0.25, 0.3) is 0 Å². The van der Waals surface area contributed by atoms with Gasteiger partial charge < -0.3 is 0 Å². The molecule has 0 bridgehead atoms. The van der Waals surface area contributed by atoms with E-state index >= 15 is 0 Å². The van der Waals surface area contributed by atoms with Crippen LogP contribution in [0.3, 0.4) is 0 Å². The van der Waals surface area contributed by atoms with Crippen molar-refractivity contribution < 1.29 is 9.53 Å². The van der Waals surface area contributed by atoms with E-state index in [1.807, 2.05) is 6.26 Å². The van der Waals surface area contributed by atoms with E-state index in [2.05, 4.69) is 26.8 Å². The van der Waals surface area contributed by atoms with Crippen molar-refractivity contribution in [1.29, 1.82) is 0 Å². The van der Waals surface area contributed by atoms with Crippen molar-refractivity contribution in [3.05, 3.63) is 12.3 Å². The van der Waals surface area contributed by atoms with Crippen molar-refractivity contribution in [3.63, 3.8) is 0 Å². The third-order valence-electron chi connectivity index (χ3n) is 4.28. The van der Waals surface area contributed by atoms with Crippen LogP contribution in [0.5, 0.6) is 0 Å². The third-order valence-corrected chi connectivity index (χ3v) is 19.5. The molecule has 0 saturated heterocycles. The fraction of sp³-hybridized carbons (Fsp3) is 0.833. The van der Waals surface area contributed by atoms with E-state index in [0.717, 1.165) is 6.29 Å². The van der Waals surface area contributed by atoms with E-state index in [-0.39, 0.29) is 0 Å². The monoisotopic (exact) mass is 404 g/mol. The number of rotatable bonds is 15. The Morgan fingerprint density at radius 1 is 0.905 bits per heavy atom. The standard InChI is InChI=1S/C6H9O2.3C4H9.Sn/c1-2-5-8-6-3-4-7;3*1-3-4-2;/h2,4-5H,1,3,6H2;3*1,3-4H2,2H3;/b5-2+;;;;. The second-order valence-electron chi connectivity index (χ2n) is 6.21. The van der Waals surface area contributed by atoms with Crippen LogP contribution in [-0.2, 0) is 9.53 Å². The van der Waals surface area contributed by atoms with Gasteiger partial charge in [-0.1, -0.05) is 0 Å². The molecule has 2 nitrogen and oxygen atoms in total. The van der Waals surface area contributed by atoms with Gasteiger partial charge in [0.25, 0.3) is 0 Å². The van der Waals surface area contributed by atoms with Crippen LogP contribution in [0.4, 0.5) is 0 Å². The predicted octanol–water partition coefficient (Wildman–Crippen LogP) is 5.95. The summed E-state index contributed by atoms with van der Waals surface area (Å²) in [5.41, 5.74) is 0. The summed E-state index contributed by atoms with van der Waals surface area (Å²) in [7, 11) is 0. The molecule has 3 heteroatoms. The van der Waals surface area contributed by atoms with Gasteiger partial charge in [-0.15, -0.1) is 0 Å². The molecule has 0 aromatic rings. The second kappa shape index (κ2) is 14.9. The van der Waals surface area contributed by atoms with Crippen molar-refractivity contribution in [2.24, 2.45) is 0 Å². The summed E-state index contributed by atoms with van der Waals surface area (Å²) < 4.78 is 11.4. The summed E-state index contributed by atoms with van der Waals surface area (Å²) in [6.07, 6.45) is 13.8. The molecular formula is C18H36O2Sn. The molecule has 124 valence electrons. The SMILES string of the molecule is CCC[CH2][Sn]([CH2]/C=C/OCCC=O)([CH2]CCC)[CH2]CCC. The average molecular weight is 403 g/mol. The van der Waals surface area contributed by atoms with Gasteiger partial charge in [0, 0.05) is 0 Å². The summed E-state index contributed by atoms with van der Waals surface area (Å²) in [6, 6.07) is 0. The number of ether oxygens (including phenoxy) is 1. The van der Waals surface area contributed by atoms with Crippen molar-refractivity contribution in [2.45, 2.75) is 83.5 Å². The van der Waals surface area contributed by atoms with Gasteiger partial charge in [0.2, 0.25) is 0 Å². The first-order valence-corrected chi connectivity index (χ1v) is 17.0. The maximum absolute atomic E-state index is 10.3. The van der Waals surface area contributed by atoms with Crippen LogP contribution in [-0.4, -0.2) is 31.3 Å². The zero-order valence-electron chi connectivity index (χ0n) is 14.5. The average Bonchev–Trinajstić information content (AvgIpc) is 2.51. The minimum atomic E-state index is -2.00. The van der Waals surface area contributed by atoms with Gasteiger partial charge >= 0.3 is 137 Å². The van der Waals surface area contributed by atoms with Crippen LogP contribution in [0.1, 0.15) is 65.7 Å². The summed E-state index contributed by atoms with van der Waals surface area (Å²) >= 11 is -2.00. The molecule has 0 amide bonds. The minimum absolute atomic E-state index is 0.500. The van der Waals surface area contributed by atoms with Crippen LogP contribution in [0, 0.1) is 0 Å². The number of unbranched alkanes of at least 4 members (excludes halogenated alkanes) is 3. The van der Waals surface area contributed by atoms with E-state index in [4.69, 9.17) is 4.74 Å². The number of allylic oxidation sites excluding steroid dienone is 1. The molecule has 0 atom stereocenters. The van der Waals surface area contributed by atoms with E-state index in [9.17, 15) is 4.79 Å². The molecule has 0 unspecified atom stereocenters. The molecule has 0 aliphatic heterocycles. The van der Waals surface area contributed by atoms with E-state index in [1.54, 1.807) is 13.3 Å². The number of carbonyl (C=O) groups is 1. The van der Waals surface area contributed by atoms with Crippen molar-refractivity contribution in [2.75, 3.05) is 6.61 Å². The normalized spacial score (nSPS) is 12.0. The Bertz CT molecular complexity index is 242. The van der Waals surface area contributed by atoms with Crippen molar-refractivity contribution in [1.82, 2.24) is 0 Å². The summed E-state index contributed by atoms with van der Waals surface area (Å²) in [4.78, 5) is 10.3. The first-order valence-electron chi connectivity index (χ1n) is 8.95. The Kier molecular flexibility index (Phi) is 14.9. The Hall–Kier alpha value is 0.00870.